The van der Waals surface area contributed by atoms with Crippen LogP contribution in [0.3, 0.4) is 0 Å². The Labute approximate surface area is 161 Å². The summed E-state index contributed by atoms with van der Waals surface area (Å²) in [5.74, 6) is 1.07. The number of carbonyl (C=O) groups is 1. The average Bonchev–Trinajstić information content (AvgIpc) is 2.68. The lowest BCUT2D eigenvalue weighted by Gasteiger charge is -2.32. The zero-order valence-electron chi connectivity index (χ0n) is 15.6. The molecule has 3 rings (SSSR count). The lowest BCUT2D eigenvalue weighted by Crippen LogP contribution is -2.43. The van der Waals surface area contributed by atoms with Gasteiger partial charge in [-0.2, -0.15) is 11.8 Å². The summed E-state index contributed by atoms with van der Waals surface area (Å²) in [6.45, 7) is 3.03. The van der Waals surface area contributed by atoms with Crippen molar-refractivity contribution in [1.82, 2.24) is 10.2 Å². The summed E-state index contributed by atoms with van der Waals surface area (Å²) in [6, 6.07) is 6.93. The van der Waals surface area contributed by atoms with E-state index in [0.717, 1.165) is 49.0 Å². The van der Waals surface area contributed by atoms with Crippen LogP contribution in [0.15, 0.2) is 24.3 Å². The molecule has 1 unspecified atom stereocenters. The summed E-state index contributed by atoms with van der Waals surface area (Å²) in [5.41, 5.74) is 0.720. The Morgan fingerprint density at radius 2 is 1.96 bits per heavy atom. The Hall–Kier alpha value is -1.07. The van der Waals surface area contributed by atoms with Crippen molar-refractivity contribution in [3.63, 3.8) is 0 Å². The molecule has 1 aliphatic carbocycles. The molecule has 1 N–H and O–H groups in total. The van der Waals surface area contributed by atoms with Gasteiger partial charge in [0.05, 0.1) is 5.92 Å². The van der Waals surface area contributed by atoms with Gasteiger partial charge in [-0.05, 0) is 38.3 Å². The quantitative estimate of drug-likeness (QED) is 0.721. The van der Waals surface area contributed by atoms with Crippen LogP contribution in [0.2, 0.25) is 0 Å². The molecule has 1 saturated heterocycles. The van der Waals surface area contributed by atoms with Crippen molar-refractivity contribution < 1.29 is 9.18 Å². The topological polar surface area (TPSA) is 32.3 Å². The van der Waals surface area contributed by atoms with E-state index in [1.54, 1.807) is 6.07 Å². The smallest absolute Gasteiger partial charge is 0.224 e. The molecule has 3 nitrogen and oxygen atoms in total. The predicted molar refractivity (Wildman–Crippen MR) is 107 cm³/mol. The van der Waals surface area contributed by atoms with E-state index >= 15 is 0 Å². The predicted octanol–water partition coefficient (Wildman–Crippen LogP) is 4.22. The van der Waals surface area contributed by atoms with Crippen molar-refractivity contribution in [3.05, 3.63) is 35.6 Å². The van der Waals surface area contributed by atoms with Crippen LogP contribution in [0.1, 0.15) is 50.5 Å². The third-order valence-corrected chi connectivity index (χ3v) is 6.92. The number of hydrogen-bond donors (Lipinski definition) is 1. The van der Waals surface area contributed by atoms with E-state index in [4.69, 9.17) is 0 Å². The lowest BCUT2D eigenvalue weighted by atomic mass is 9.96. The number of rotatable bonds is 7. The maximum absolute atomic E-state index is 13.9. The zero-order valence-corrected chi connectivity index (χ0v) is 16.4. The van der Waals surface area contributed by atoms with Gasteiger partial charge >= 0.3 is 0 Å². The first-order valence-electron chi connectivity index (χ1n) is 10.1. The van der Waals surface area contributed by atoms with Crippen LogP contribution >= 0.6 is 11.8 Å². The first kappa shape index (κ1) is 19.7. The Morgan fingerprint density at radius 3 is 2.77 bits per heavy atom. The molecule has 1 aromatic rings. The second kappa shape index (κ2) is 10.3. The van der Waals surface area contributed by atoms with Gasteiger partial charge in [0.2, 0.25) is 5.91 Å². The number of likely N-dealkylation sites (tertiary alicyclic amines) is 1. The molecule has 144 valence electrons. The van der Waals surface area contributed by atoms with Crippen molar-refractivity contribution in [2.24, 2.45) is 5.92 Å². The number of nitrogens with zero attached hydrogens (tertiary/aromatic N) is 1. The van der Waals surface area contributed by atoms with Crippen LogP contribution in [0.4, 0.5) is 4.39 Å². The van der Waals surface area contributed by atoms with Crippen molar-refractivity contribution in [3.8, 4) is 0 Å². The third-order valence-electron chi connectivity index (χ3n) is 5.54. The molecule has 1 aliphatic heterocycles. The average molecular weight is 379 g/mol. The summed E-state index contributed by atoms with van der Waals surface area (Å²) in [5, 5.41) is 3.93. The van der Waals surface area contributed by atoms with Gasteiger partial charge in [0, 0.05) is 36.2 Å². The number of halogens is 1. The van der Waals surface area contributed by atoms with E-state index in [0.29, 0.717) is 6.54 Å². The highest BCUT2D eigenvalue weighted by atomic mass is 32.2. The van der Waals surface area contributed by atoms with E-state index in [9.17, 15) is 9.18 Å². The summed E-state index contributed by atoms with van der Waals surface area (Å²) in [6.07, 6.45) is 8.74. The first-order chi connectivity index (χ1) is 12.7. The van der Waals surface area contributed by atoms with E-state index in [1.807, 2.05) is 23.9 Å². The molecule has 1 atom stereocenters. The highest BCUT2D eigenvalue weighted by Crippen LogP contribution is 2.27. The molecule has 2 fully saturated rings. The van der Waals surface area contributed by atoms with Crippen LogP contribution in [-0.2, 0) is 11.3 Å². The number of carbonyl (C=O) groups excluding carboxylic acids is 1. The van der Waals surface area contributed by atoms with Crippen LogP contribution in [0.25, 0.3) is 0 Å². The minimum Gasteiger partial charge on any atom is -0.355 e. The Morgan fingerprint density at radius 1 is 1.15 bits per heavy atom. The highest BCUT2D eigenvalue weighted by molar-refractivity contribution is 7.99. The number of thioether (sulfide) groups is 1. The standard InChI is InChI=1S/C21H31FN2OS/c22-20-11-5-4-7-17(20)15-24-13-6-8-18(16-24)21(25)23-12-14-26-19-9-2-1-3-10-19/h4-5,7,11,18-19H,1-3,6,8-10,12-16H2,(H,23,25). The lowest BCUT2D eigenvalue weighted by molar-refractivity contribution is -0.126. The van der Waals surface area contributed by atoms with Gasteiger partial charge in [-0.1, -0.05) is 37.5 Å². The van der Waals surface area contributed by atoms with Gasteiger partial charge in [0.1, 0.15) is 5.82 Å². The first-order valence-corrected chi connectivity index (χ1v) is 11.1. The Kier molecular flexibility index (Phi) is 7.81. The monoisotopic (exact) mass is 378 g/mol. The number of piperidine rings is 1. The van der Waals surface area contributed by atoms with E-state index < -0.39 is 0 Å². The Bertz CT molecular complexity index is 577. The summed E-state index contributed by atoms with van der Waals surface area (Å²) in [7, 11) is 0. The fourth-order valence-electron chi connectivity index (χ4n) is 4.06. The van der Waals surface area contributed by atoms with Crippen molar-refractivity contribution >= 4 is 17.7 Å². The molecular weight excluding hydrogens is 347 g/mol. The van der Waals surface area contributed by atoms with Gasteiger partial charge in [-0.25, -0.2) is 4.39 Å². The fraction of sp³-hybridized carbons (Fsp3) is 0.667. The van der Waals surface area contributed by atoms with E-state index in [1.165, 1.54) is 38.2 Å². The van der Waals surface area contributed by atoms with Gasteiger partial charge < -0.3 is 5.32 Å². The Balaban J connectivity index is 1.38. The molecule has 1 saturated carbocycles. The minimum absolute atomic E-state index is 0.0372. The van der Waals surface area contributed by atoms with Crippen molar-refractivity contribution in [2.75, 3.05) is 25.4 Å². The molecule has 1 heterocycles. The molecule has 1 amide bonds. The van der Waals surface area contributed by atoms with Crippen molar-refractivity contribution in [1.29, 1.82) is 0 Å². The maximum Gasteiger partial charge on any atom is 0.224 e. The van der Waals surface area contributed by atoms with Crippen LogP contribution in [-0.4, -0.2) is 41.4 Å². The molecule has 26 heavy (non-hydrogen) atoms. The van der Waals surface area contributed by atoms with Crippen LogP contribution in [0, 0.1) is 11.7 Å². The molecule has 1 aromatic carbocycles. The van der Waals surface area contributed by atoms with Gasteiger partial charge in [-0.15, -0.1) is 0 Å². The van der Waals surface area contributed by atoms with Gasteiger partial charge in [-0.3, -0.25) is 9.69 Å². The molecule has 2 aliphatic rings. The minimum atomic E-state index is -0.154. The normalized spacial score (nSPS) is 22.3. The van der Waals surface area contributed by atoms with E-state index in [-0.39, 0.29) is 17.6 Å². The zero-order chi connectivity index (χ0) is 18.2. The van der Waals surface area contributed by atoms with Gasteiger partial charge in [0.15, 0.2) is 0 Å². The fourth-order valence-corrected chi connectivity index (χ4v) is 5.28. The summed E-state index contributed by atoms with van der Waals surface area (Å²) < 4.78 is 13.9. The van der Waals surface area contributed by atoms with E-state index in [2.05, 4.69) is 10.2 Å². The largest absolute Gasteiger partial charge is 0.355 e. The summed E-state index contributed by atoms with van der Waals surface area (Å²) in [4.78, 5) is 14.7. The van der Waals surface area contributed by atoms with Gasteiger partial charge in [0.25, 0.3) is 0 Å². The third kappa shape index (κ3) is 5.98. The number of benzene rings is 1. The molecule has 0 spiro atoms. The summed E-state index contributed by atoms with van der Waals surface area (Å²) >= 11 is 2.02. The molecule has 5 heteroatoms. The maximum atomic E-state index is 13.9. The van der Waals surface area contributed by atoms with Crippen LogP contribution in [0.5, 0.6) is 0 Å². The van der Waals surface area contributed by atoms with Crippen molar-refractivity contribution in [2.45, 2.75) is 56.7 Å². The molecule has 0 aromatic heterocycles. The molecule has 0 bridgehead atoms. The SMILES string of the molecule is O=C(NCCSC1CCCCC1)C1CCCN(Cc2ccccc2F)C1. The second-order valence-corrected chi connectivity index (χ2v) is 9.00. The van der Waals surface area contributed by atoms with Crippen LogP contribution < -0.4 is 5.32 Å². The molecular formula is C21H31FN2OS. The highest BCUT2D eigenvalue weighted by Gasteiger charge is 2.26. The second-order valence-electron chi connectivity index (χ2n) is 7.59. The number of nitrogens with one attached hydrogen (secondary N) is 1. The number of amides is 1. The molecule has 0 radical (unpaired) electrons. The number of hydrogen-bond acceptors (Lipinski definition) is 3.